The van der Waals surface area contributed by atoms with Crippen LogP contribution in [0.2, 0.25) is 0 Å². The fraction of sp³-hybridized carbons (Fsp3) is 0.0455. The minimum absolute atomic E-state index is 0.431. The molecule has 30 heavy (non-hydrogen) atoms. The molecule has 0 aliphatic carbocycles. The zero-order valence-electron chi connectivity index (χ0n) is 16.1. The second-order valence-corrected chi connectivity index (χ2v) is 6.85. The molecule has 3 aromatic heterocycles. The summed E-state index contributed by atoms with van der Waals surface area (Å²) in [5, 5.41) is 13.6. The van der Waals surface area contributed by atoms with Crippen LogP contribution in [-0.2, 0) is 0 Å². The monoisotopic (exact) mass is 411 g/mol. The van der Waals surface area contributed by atoms with E-state index < -0.39 is 0 Å². The van der Waals surface area contributed by atoms with Crippen molar-refractivity contribution in [3.05, 3.63) is 84.6 Å². The van der Waals surface area contributed by atoms with Crippen molar-refractivity contribution in [2.24, 2.45) is 5.10 Å². The first-order valence-electron chi connectivity index (χ1n) is 9.10. The molecule has 4 rings (SSSR count). The van der Waals surface area contributed by atoms with Gasteiger partial charge in [0.1, 0.15) is 5.65 Å². The zero-order valence-corrected chi connectivity index (χ0v) is 16.9. The Labute approximate surface area is 178 Å². The Morgan fingerprint density at radius 2 is 2.00 bits per heavy atom. The van der Waals surface area contributed by atoms with Crippen molar-refractivity contribution < 1.29 is 0 Å². The summed E-state index contributed by atoms with van der Waals surface area (Å²) >= 11 is 5.40. The third kappa shape index (κ3) is 4.01. The number of nitriles is 1. The molecular weight excluding hydrogens is 394 g/mol. The molecule has 0 saturated carbocycles. The number of pyridine rings is 2. The molecule has 146 valence electrons. The van der Waals surface area contributed by atoms with Crippen LogP contribution in [0.5, 0.6) is 0 Å². The maximum absolute atomic E-state index is 8.91. The van der Waals surface area contributed by atoms with E-state index in [1.54, 1.807) is 35.6 Å². The van der Waals surface area contributed by atoms with Gasteiger partial charge in [-0.1, -0.05) is 6.07 Å². The van der Waals surface area contributed by atoms with Crippen molar-refractivity contribution in [3.63, 3.8) is 0 Å². The number of hydrogen-bond acceptors (Lipinski definition) is 5. The lowest BCUT2D eigenvalue weighted by Crippen LogP contribution is -2.34. The number of nitrogens with zero attached hydrogens (tertiary/aromatic N) is 6. The van der Waals surface area contributed by atoms with E-state index in [2.05, 4.69) is 26.6 Å². The number of nitrogens with one attached hydrogen (secondary N) is 1. The third-order valence-electron chi connectivity index (χ3n) is 4.57. The Balaban J connectivity index is 1.49. The van der Waals surface area contributed by atoms with Gasteiger partial charge in [0.2, 0.25) is 0 Å². The smallest absolute Gasteiger partial charge is 0.193 e. The van der Waals surface area contributed by atoms with E-state index in [0.29, 0.717) is 10.7 Å². The van der Waals surface area contributed by atoms with Gasteiger partial charge in [-0.05, 0) is 54.7 Å². The molecule has 0 atom stereocenters. The minimum Gasteiger partial charge on any atom is -0.321 e. The molecule has 0 aliphatic heterocycles. The van der Waals surface area contributed by atoms with Crippen LogP contribution in [0.1, 0.15) is 11.3 Å². The summed E-state index contributed by atoms with van der Waals surface area (Å²) in [5.74, 6) is 0. The van der Waals surface area contributed by atoms with Crippen molar-refractivity contribution in [2.45, 2.75) is 0 Å². The second-order valence-electron chi connectivity index (χ2n) is 6.46. The van der Waals surface area contributed by atoms with Gasteiger partial charge >= 0.3 is 0 Å². The van der Waals surface area contributed by atoms with Crippen molar-refractivity contribution in [1.82, 2.24) is 19.8 Å². The molecular formula is C22H17N7S. The van der Waals surface area contributed by atoms with Gasteiger partial charge in [0, 0.05) is 42.5 Å². The summed E-state index contributed by atoms with van der Waals surface area (Å²) in [6, 6.07) is 17.1. The summed E-state index contributed by atoms with van der Waals surface area (Å²) in [6.07, 6.45) is 9.00. The standard InChI is InChI=1S/C22H17N7S/c1-28(19-7-4-16(11-23)5-8-19)22(30)27-26-14-20-13-25-21-9-6-18(15-29(20)21)17-3-2-10-24-12-17/h2-10,12-15H,1H3,(H,27,30). The van der Waals surface area contributed by atoms with Gasteiger partial charge < -0.3 is 4.90 Å². The Hall–Kier alpha value is -4.09. The number of rotatable bonds is 4. The Bertz CT molecular complexity index is 1250. The first-order valence-corrected chi connectivity index (χ1v) is 9.51. The van der Waals surface area contributed by atoms with E-state index in [-0.39, 0.29) is 0 Å². The van der Waals surface area contributed by atoms with E-state index in [9.17, 15) is 0 Å². The molecule has 4 aromatic rings. The minimum atomic E-state index is 0.431. The molecule has 0 spiro atoms. The van der Waals surface area contributed by atoms with Crippen LogP contribution in [0.25, 0.3) is 16.8 Å². The molecule has 1 N–H and O–H groups in total. The number of anilines is 1. The highest BCUT2D eigenvalue weighted by molar-refractivity contribution is 7.80. The van der Waals surface area contributed by atoms with Gasteiger partial charge in [-0.15, -0.1) is 0 Å². The van der Waals surface area contributed by atoms with Crippen LogP contribution >= 0.6 is 12.2 Å². The van der Waals surface area contributed by atoms with Crippen LogP contribution in [0, 0.1) is 11.3 Å². The largest absolute Gasteiger partial charge is 0.321 e. The number of aromatic nitrogens is 3. The third-order valence-corrected chi connectivity index (χ3v) is 4.94. The zero-order chi connectivity index (χ0) is 20.9. The quantitative estimate of drug-likeness (QED) is 0.314. The topological polar surface area (TPSA) is 81.6 Å². The van der Waals surface area contributed by atoms with Crippen LogP contribution in [-0.4, -0.2) is 32.7 Å². The maximum atomic E-state index is 8.91. The van der Waals surface area contributed by atoms with E-state index in [4.69, 9.17) is 17.5 Å². The molecule has 8 heteroatoms. The lowest BCUT2D eigenvalue weighted by Gasteiger charge is -2.19. The number of imidazole rings is 1. The highest BCUT2D eigenvalue weighted by Crippen LogP contribution is 2.19. The average molecular weight is 411 g/mol. The van der Waals surface area contributed by atoms with E-state index in [1.165, 1.54) is 0 Å². The van der Waals surface area contributed by atoms with Crippen LogP contribution in [0.3, 0.4) is 0 Å². The summed E-state index contributed by atoms with van der Waals surface area (Å²) < 4.78 is 1.96. The summed E-state index contributed by atoms with van der Waals surface area (Å²) in [4.78, 5) is 10.4. The normalized spacial score (nSPS) is 10.8. The number of fused-ring (bicyclic) bond motifs is 1. The van der Waals surface area contributed by atoms with Gasteiger partial charge in [-0.2, -0.15) is 10.4 Å². The van der Waals surface area contributed by atoms with Gasteiger partial charge in [0.15, 0.2) is 5.11 Å². The summed E-state index contributed by atoms with van der Waals surface area (Å²) in [6.45, 7) is 0. The number of hydrazone groups is 1. The first-order chi connectivity index (χ1) is 14.7. The van der Waals surface area contributed by atoms with Crippen LogP contribution in [0.15, 0.2) is 78.4 Å². The molecule has 0 amide bonds. The van der Waals surface area contributed by atoms with Crippen LogP contribution < -0.4 is 10.3 Å². The molecule has 0 aliphatic rings. The van der Waals surface area contributed by atoms with Crippen LogP contribution in [0.4, 0.5) is 5.69 Å². The lowest BCUT2D eigenvalue weighted by atomic mass is 10.1. The predicted molar refractivity (Wildman–Crippen MR) is 121 cm³/mol. The second kappa shape index (κ2) is 8.51. The molecule has 3 heterocycles. The summed E-state index contributed by atoms with van der Waals surface area (Å²) in [5.41, 5.74) is 8.02. The fourth-order valence-electron chi connectivity index (χ4n) is 2.90. The number of hydrogen-bond donors (Lipinski definition) is 1. The predicted octanol–water partition coefficient (Wildman–Crippen LogP) is 3.61. The molecule has 0 bridgehead atoms. The SMILES string of the molecule is CN(C(=S)NN=Cc1cnc2ccc(-c3cccnc3)cn12)c1ccc(C#N)cc1. The first kappa shape index (κ1) is 19.2. The van der Waals surface area contributed by atoms with E-state index in [0.717, 1.165) is 28.2 Å². The maximum Gasteiger partial charge on any atom is 0.193 e. The Kier molecular flexibility index (Phi) is 5.46. The highest BCUT2D eigenvalue weighted by atomic mass is 32.1. The lowest BCUT2D eigenvalue weighted by molar-refractivity contribution is 1.01. The van der Waals surface area contributed by atoms with Crippen molar-refractivity contribution in [1.29, 1.82) is 5.26 Å². The molecule has 0 saturated heterocycles. The highest BCUT2D eigenvalue weighted by Gasteiger charge is 2.07. The number of thiocarbonyl (C=S) groups is 1. The van der Waals surface area contributed by atoms with Gasteiger partial charge in [0.05, 0.1) is 29.7 Å². The molecule has 1 aromatic carbocycles. The number of benzene rings is 1. The van der Waals surface area contributed by atoms with Crippen molar-refractivity contribution in [3.8, 4) is 17.2 Å². The molecule has 7 nitrogen and oxygen atoms in total. The van der Waals surface area contributed by atoms with Gasteiger partial charge in [-0.3, -0.25) is 14.8 Å². The Morgan fingerprint density at radius 3 is 2.73 bits per heavy atom. The summed E-state index contributed by atoms with van der Waals surface area (Å²) in [7, 11) is 1.83. The average Bonchev–Trinajstić information content (AvgIpc) is 3.21. The van der Waals surface area contributed by atoms with Crippen molar-refractivity contribution >= 4 is 34.9 Å². The van der Waals surface area contributed by atoms with Gasteiger partial charge in [-0.25, -0.2) is 4.98 Å². The molecule has 0 radical (unpaired) electrons. The van der Waals surface area contributed by atoms with Crippen molar-refractivity contribution in [2.75, 3.05) is 11.9 Å². The molecule has 0 fully saturated rings. The van der Waals surface area contributed by atoms with Gasteiger partial charge in [0.25, 0.3) is 0 Å². The van der Waals surface area contributed by atoms with E-state index >= 15 is 0 Å². The molecule has 0 unspecified atom stereocenters. The van der Waals surface area contributed by atoms with E-state index in [1.807, 2.05) is 60.2 Å². The Morgan fingerprint density at radius 1 is 1.17 bits per heavy atom. The fourth-order valence-corrected chi connectivity index (χ4v) is 3.06.